The number of amides is 1. The molecule has 3 aromatic rings. The van der Waals surface area contributed by atoms with E-state index in [-0.39, 0.29) is 34.0 Å². The summed E-state index contributed by atoms with van der Waals surface area (Å²) in [5, 5.41) is 18.1. The van der Waals surface area contributed by atoms with Gasteiger partial charge in [0.05, 0.1) is 15.2 Å². The third-order valence-electron chi connectivity index (χ3n) is 5.66. The fraction of sp³-hybridized carbons (Fsp3) is 0.391. The number of rotatable bonds is 6. The predicted octanol–water partition coefficient (Wildman–Crippen LogP) is 4.04. The molecule has 1 amide bonds. The molecule has 35 heavy (non-hydrogen) atoms. The first-order valence-electron chi connectivity index (χ1n) is 11.2. The number of nitrogens with one attached hydrogen (secondary N) is 2. The zero-order valence-electron chi connectivity index (χ0n) is 19.6. The molecule has 11 nitrogen and oxygen atoms in total. The minimum Gasteiger partial charge on any atom is -0.444 e. The van der Waals surface area contributed by atoms with Crippen LogP contribution in [0.25, 0.3) is 11.0 Å². The highest BCUT2D eigenvalue weighted by Gasteiger charge is 2.31. The Morgan fingerprint density at radius 2 is 1.86 bits per heavy atom. The van der Waals surface area contributed by atoms with Crippen LogP contribution < -0.4 is 10.6 Å². The van der Waals surface area contributed by atoms with E-state index in [1.54, 1.807) is 39.0 Å². The van der Waals surface area contributed by atoms with Crippen molar-refractivity contribution in [3.63, 3.8) is 0 Å². The largest absolute Gasteiger partial charge is 0.444 e. The van der Waals surface area contributed by atoms with Crippen LogP contribution >= 0.6 is 0 Å². The molecule has 0 bridgehead atoms. The van der Waals surface area contributed by atoms with Crippen LogP contribution in [-0.4, -0.2) is 46.1 Å². The van der Waals surface area contributed by atoms with Gasteiger partial charge in [0.2, 0.25) is 0 Å². The second-order valence-corrected chi connectivity index (χ2v) is 11.3. The molecule has 1 fully saturated rings. The first-order chi connectivity index (χ1) is 16.5. The maximum Gasteiger partial charge on any atom is 0.407 e. The lowest BCUT2D eigenvalue weighted by molar-refractivity contribution is -0.384. The number of alkyl carbamates (subject to hydrolysis) is 1. The Labute approximate surface area is 202 Å². The molecule has 2 N–H and O–H groups in total. The van der Waals surface area contributed by atoms with Crippen molar-refractivity contribution in [1.82, 2.24) is 14.3 Å². The molecule has 0 spiro atoms. The Kier molecular flexibility index (Phi) is 6.41. The maximum absolute atomic E-state index is 13.1. The number of aromatic nitrogens is 2. The minimum absolute atomic E-state index is 0.0824. The van der Waals surface area contributed by atoms with Crippen molar-refractivity contribution in [2.24, 2.45) is 0 Å². The molecule has 2 aromatic heterocycles. The van der Waals surface area contributed by atoms with E-state index in [0.717, 1.165) is 10.2 Å². The van der Waals surface area contributed by atoms with Gasteiger partial charge < -0.3 is 15.4 Å². The average Bonchev–Trinajstić information content (AvgIpc) is 3.40. The molecule has 12 heteroatoms. The van der Waals surface area contributed by atoms with Crippen LogP contribution in [0.2, 0.25) is 0 Å². The Bertz CT molecular complexity index is 1360. The van der Waals surface area contributed by atoms with E-state index >= 15 is 0 Å². The van der Waals surface area contributed by atoms with E-state index in [1.807, 2.05) is 0 Å². The summed E-state index contributed by atoms with van der Waals surface area (Å²) in [4.78, 5) is 27.5. The van der Waals surface area contributed by atoms with Crippen LogP contribution in [0.3, 0.4) is 0 Å². The highest BCUT2D eigenvalue weighted by Crippen LogP contribution is 2.36. The predicted molar refractivity (Wildman–Crippen MR) is 130 cm³/mol. The first-order valence-corrected chi connectivity index (χ1v) is 12.6. The van der Waals surface area contributed by atoms with Crippen molar-refractivity contribution in [3.05, 3.63) is 58.9 Å². The fourth-order valence-corrected chi connectivity index (χ4v) is 5.49. The summed E-state index contributed by atoms with van der Waals surface area (Å²) in [5.74, 6) is 0. The standard InChI is InChI=1S/C23H27N5O6S/c1-23(2,3)34-22(29)26-16-10-9-15(13-16)25-20-18-11-12-27(21(18)24-14-19(20)28(30)31)35(32,33)17-7-5-4-6-8-17/h4-8,11-12,14-16H,9-10,13H2,1-3H3,(H,24,25)(H,26,29)/t15-,16-/m1/s1. The number of fused-ring (bicyclic) bond motifs is 1. The zero-order chi connectivity index (χ0) is 25.4. The second-order valence-electron chi connectivity index (χ2n) is 9.44. The number of ether oxygens (including phenoxy) is 1. The molecule has 1 aliphatic rings. The molecular weight excluding hydrogens is 474 g/mol. The maximum atomic E-state index is 13.1. The molecule has 2 heterocycles. The van der Waals surface area contributed by atoms with Crippen molar-refractivity contribution >= 4 is 38.5 Å². The van der Waals surface area contributed by atoms with Gasteiger partial charge in [0.1, 0.15) is 17.5 Å². The van der Waals surface area contributed by atoms with Crippen molar-refractivity contribution in [3.8, 4) is 0 Å². The second kappa shape index (κ2) is 9.17. The van der Waals surface area contributed by atoms with E-state index in [4.69, 9.17) is 4.74 Å². The van der Waals surface area contributed by atoms with E-state index in [0.29, 0.717) is 24.6 Å². The monoisotopic (exact) mass is 501 g/mol. The quantitative estimate of drug-likeness (QED) is 0.380. The van der Waals surface area contributed by atoms with E-state index in [2.05, 4.69) is 15.6 Å². The number of hydrogen-bond acceptors (Lipinski definition) is 8. The van der Waals surface area contributed by atoms with E-state index in [1.165, 1.54) is 24.4 Å². The highest BCUT2D eigenvalue weighted by molar-refractivity contribution is 7.90. The molecule has 0 aliphatic heterocycles. The molecule has 0 unspecified atom stereocenters. The van der Waals surface area contributed by atoms with Crippen LogP contribution in [0.15, 0.2) is 53.7 Å². The number of anilines is 1. The average molecular weight is 502 g/mol. The Morgan fingerprint density at radius 3 is 2.51 bits per heavy atom. The fourth-order valence-electron chi connectivity index (χ4n) is 4.16. The lowest BCUT2D eigenvalue weighted by Gasteiger charge is -2.22. The number of hydrogen-bond donors (Lipinski definition) is 2. The summed E-state index contributed by atoms with van der Waals surface area (Å²) in [7, 11) is -3.94. The zero-order valence-corrected chi connectivity index (χ0v) is 20.4. The van der Waals surface area contributed by atoms with Gasteiger partial charge in [0.25, 0.3) is 10.0 Å². The summed E-state index contributed by atoms with van der Waals surface area (Å²) >= 11 is 0. The van der Waals surface area contributed by atoms with Crippen LogP contribution in [0, 0.1) is 10.1 Å². The Hall–Kier alpha value is -3.67. The molecule has 0 saturated heterocycles. The highest BCUT2D eigenvalue weighted by atomic mass is 32.2. The van der Waals surface area contributed by atoms with E-state index in [9.17, 15) is 23.3 Å². The number of pyridine rings is 1. The van der Waals surface area contributed by atoms with Crippen LogP contribution in [0.5, 0.6) is 0 Å². The van der Waals surface area contributed by atoms with Gasteiger partial charge in [-0.25, -0.2) is 22.2 Å². The van der Waals surface area contributed by atoms with Crippen molar-refractivity contribution < 1.29 is 22.9 Å². The summed E-state index contributed by atoms with van der Waals surface area (Å²) in [6, 6.07) is 9.07. The first kappa shape index (κ1) is 24.5. The Balaban J connectivity index is 1.61. The lowest BCUT2D eigenvalue weighted by Crippen LogP contribution is -2.38. The van der Waals surface area contributed by atoms with Gasteiger partial charge in [-0.2, -0.15) is 0 Å². The lowest BCUT2D eigenvalue weighted by atomic mass is 10.2. The molecule has 1 aliphatic carbocycles. The van der Waals surface area contributed by atoms with E-state index < -0.39 is 26.6 Å². The summed E-state index contributed by atoms with van der Waals surface area (Å²) in [6.07, 6.45) is 3.75. The number of carbonyl (C=O) groups is 1. The van der Waals surface area contributed by atoms with Crippen LogP contribution in [0.1, 0.15) is 40.0 Å². The topological polar surface area (TPSA) is 145 Å². The number of nitro groups is 1. The van der Waals surface area contributed by atoms with Gasteiger partial charge >= 0.3 is 11.8 Å². The summed E-state index contributed by atoms with van der Waals surface area (Å²) < 4.78 is 32.6. The molecule has 1 saturated carbocycles. The third kappa shape index (κ3) is 5.21. The van der Waals surface area contributed by atoms with Crippen molar-refractivity contribution in [2.75, 3.05) is 5.32 Å². The molecular formula is C23H27N5O6S. The normalized spacial score (nSPS) is 18.4. The van der Waals surface area contributed by atoms with Gasteiger partial charge in [-0.15, -0.1) is 0 Å². The van der Waals surface area contributed by atoms with Crippen LogP contribution in [-0.2, 0) is 14.8 Å². The third-order valence-corrected chi connectivity index (χ3v) is 7.34. The van der Waals surface area contributed by atoms with Gasteiger partial charge in [0.15, 0.2) is 5.65 Å². The molecule has 1 aromatic carbocycles. The SMILES string of the molecule is CC(C)(C)OC(=O)N[C@@H]1CC[C@@H](Nc2c([N+](=O)[O-])cnc3c2ccn3S(=O)(=O)c2ccccc2)C1. The van der Waals surface area contributed by atoms with Crippen molar-refractivity contribution in [1.29, 1.82) is 0 Å². The molecule has 0 radical (unpaired) electrons. The van der Waals surface area contributed by atoms with Gasteiger partial charge in [0, 0.05) is 18.3 Å². The molecule has 2 atom stereocenters. The number of carbonyl (C=O) groups excluding carboxylic acids is 1. The number of benzene rings is 1. The van der Waals surface area contributed by atoms with Crippen LogP contribution in [0.4, 0.5) is 16.2 Å². The van der Waals surface area contributed by atoms with Crippen molar-refractivity contribution in [2.45, 2.75) is 62.6 Å². The van der Waals surface area contributed by atoms with Gasteiger partial charge in [-0.3, -0.25) is 10.1 Å². The summed E-state index contributed by atoms with van der Waals surface area (Å²) in [6.45, 7) is 5.34. The summed E-state index contributed by atoms with van der Waals surface area (Å²) in [5.41, 5.74) is -0.583. The van der Waals surface area contributed by atoms with Gasteiger partial charge in [-0.05, 0) is 58.2 Å². The Morgan fingerprint density at radius 1 is 1.17 bits per heavy atom. The molecule has 186 valence electrons. The molecule has 4 rings (SSSR count). The minimum atomic E-state index is -3.94. The number of nitrogens with zero attached hydrogens (tertiary/aromatic N) is 3. The van der Waals surface area contributed by atoms with Gasteiger partial charge in [-0.1, -0.05) is 18.2 Å². The smallest absolute Gasteiger partial charge is 0.407 e.